The molecule has 0 spiro atoms. The Morgan fingerprint density at radius 1 is 1.35 bits per heavy atom. The molecule has 0 saturated heterocycles. The first-order valence-corrected chi connectivity index (χ1v) is 6.22. The summed E-state index contributed by atoms with van der Waals surface area (Å²) in [5.74, 6) is 1.05. The van der Waals surface area contributed by atoms with Crippen LogP contribution in [-0.4, -0.2) is 19.7 Å². The minimum atomic E-state index is 0.581. The topological polar surface area (TPSA) is 45.0 Å². The van der Waals surface area contributed by atoms with Crippen LogP contribution in [0, 0.1) is 11.3 Å². The molecule has 1 N–H and O–H groups in total. The van der Waals surface area contributed by atoms with Crippen LogP contribution in [0.15, 0.2) is 18.2 Å². The standard InChI is InChI=1S/C14H18N2O/c15-7-2-8-16-9-6-12-4-5-14-13(11-12)3-1-10-17-14/h4-5,11,16H,1-3,6,8-10H2. The summed E-state index contributed by atoms with van der Waals surface area (Å²) in [5, 5.41) is 11.7. The molecule has 1 aliphatic rings. The van der Waals surface area contributed by atoms with E-state index in [4.69, 9.17) is 10.00 Å². The van der Waals surface area contributed by atoms with Gasteiger partial charge in [-0.1, -0.05) is 12.1 Å². The maximum Gasteiger partial charge on any atom is 0.122 e. The zero-order valence-corrected chi connectivity index (χ0v) is 10.0. The van der Waals surface area contributed by atoms with E-state index in [1.54, 1.807) is 0 Å². The minimum Gasteiger partial charge on any atom is -0.493 e. The second-order valence-corrected chi connectivity index (χ2v) is 4.30. The molecule has 90 valence electrons. The fourth-order valence-electron chi connectivity index (χ4n) is 2.07. The van der Waals surface area contributed by atoms with Crippen molar-refractivity contribution in [3.05, 3.63) is 29.3 Å². The molecule has 17 heavy (non-hydrogen) atoms. The summed E-state index contributed by atoms with van der Waals surface area (Å²) in [6.45, 7) is 2.56. The van der Waals surface area contributed by atoms with Crippen LogP contribution in [0.4, 0.5) is 0 Å². The smallest absolute Gasteiger partial charge is 0.122 e. The number of nitriles is 1. The first-order valence-electron chi connectivity index (χ1n) is 6.22. The van der Waals surface area contributed by atoms with Crippen molar-refractivity contribution in [3.8, 4) is 11.8 Å². The van der Waals surface area contributed by atoms with E-state index in [2.05, 4.69) is 29.6 Å². The predicted molar refractivity (Wildman–Crippen MR) is 67.1 cm³/mol. The molecule has 1 aromatic carbocycles. The number of fused-ring (bicyclic) bond motifs is 1. The number of nitrogens with zero attached hydrogens (tertiary/aromatic N) is 1. The summed E-state index contributed by atoms with van der Waals surface area (Å²) in [6.07, 6.45) is 3.85. The van der Waals surface area contributed by atoms with E-state index in [0.29, 0.717) is 6.42 Å². The third-order valence-corrected chi connectivity index (χ3v) is 2.98. The molecule has 1 aliphatic heterocycles. The van der Waals surface area contributed by atoms with Gasteiger partial charge in [-0.15, -0.1) is 0 Å². The van der Waals surface area contributed by atoms with Gasteiger partial charge in [-0.2, -0.15) is 5.26 Å². The van der Waals surface area contributed by atoms with Crippen LogP contribution < -0.4 is 10.1 Å². The third-order valence-electron chi connectivity index (χ3n) is 2.98. The van der Waals surface area contributed by atoms with Gasteiger partial charge in [0.15, 0.2) is 0 Å². The number of nitrogens with one attached hydrogen (secondary N) is 1. The lowest BCUT2D eigenvalue weighted by Crippen LogP contribution is -2.18. The van der Waals surface area contributed by atoms with E-state index in [1.807, 2.05) is 0 Å². The molecule has 0 amide bonds. The van der Waals surface area contributed by atoms with E-state index >= 15 is 0 Å². The largest absolute Gasteiger partial charge is 0.493 e. The number of hydrogen-bond donors (Lipinski definition) is 1. The average Bonchev–Trinajstić information content (AvgIpc) is 2.38. The van der Waals surface area contributed by atoms with Gasteiger partial charge in [-0.25, -0.2) is 0 Å². The molecule has 1 aromatic rings. The molecule has 0 fully saturated rings. The number of rotatable bonds is 5. The monoisotopic (exact) mass is 230 g/mol. The molecule has 0 aliphatic carbocycles. The van der Waals surface area contributed by atoms with Gasteiger partial charge < -0.3 is 10.1 Å². The van der Waals surface area contributed by atoms with Crippen molar-refractivity contribution < 1.29 is 4.74 Å². The third kappa shape index (κ3) is 3.47. The number of ether oxygens (including phenoxy) is 1. The van der Waals surface area contributed by atoms with E-state index in [0.717, 1.165) is 44.7 Å². The van der Waals surface area contributed by atoms with Crippen LogP contribution in [0.3, 0.4) is 0 Å². The van der Waals surface area contributed by atoms with Gasteiger partial charge in [-0.3, -0.25) is 0 Å². The normalized spacial score (nSPS) is 13.6. The molecule has 3 heteroatoms. The summed E-state index contributed by atoms with van der Waals surface area (Å²) < 4.78 is 5.58. The Balaban J connectivity index is 1.83. The van der Waals surface area contributed by atoms with Crippen LogP contribution in [-0.2, 0) is 12.8 Å². The molecule has 0 unspecified atom stereocenters. The van der Waals surface area contributed by atoms with E-state index in [9.17, 15) is 0 Å². The van der Waals surface area contributed by atoms with Crippen molar-refractivity contribution >= 4 is 0 Å². The van der Waals surface area contributed by atoms with Gasteiger partial charge in [0.1, 0.15) is 5.75 Å². The Morgan fingerprint density at radius 2 is 2.29 bits per heavy atom. The van der Waals surface area contributed by atoms with Gasteiger partial charge in [0.2, 0.25) is 0 Å². The van der Waals surface area contributed by atoms with Crippen LogP contribution in [0.25, 0.3) is 0 Å². The Kier molecular flexibility index (Phi) is 4.40. The van der Waals surface area contributed by atoms with Crippen LogP contribution in [0.5, 0.6) is 5.75 Å². The lowest BCUT2D eigenvalue weighted by atomic mass is 10.0. The first kappa shape index (κ1) is 11.9. The SMILES string of the molecule is N#CCCNCCc1ccc2c(c1)CCCO2. The van der Waals surface area contributed by atoms with E-state index < -0.39 is 0 Å². The van der Waals surface area contributed by atoms with E-state index in [-0.39, 0.29) is 0 Å². The van der Waals surface area contributed by atoms with Crippen molar-refractivity contribution in [2.45, 2.75) is 25.7 Å². The van der Waals surface area contributed by atoms with Crippen molar-refractivity contribution in [1.29, 1.82) is 5.26 Å². The van der Waals surface area contributed by atoms with Crippen LogP contribution in [0.1, 0.15) is 24.0 Å². The zero-order valence-electron chi connectivity index (χ0n) is 10.0. The number of benzene rings is 1. The molecule has 0 radical (unpaired) electrons. The molecule has 3 nitrogen and oxygen atoms in total. The lowest BCUT2D eigenvalue weighted by Gasteiger charge is -2.17. The summed E-state index contributed by atoms with van der Waals surface area (Å²) in [6, 6.07) is 8.60. The van der Waals surface area contributed by atoms with Crippen molar-refractivity contribution in [2.75, 3.05) is 19.7 Å². The van der Waals surface area contributed by atoms with Gasteiger partial charge in [0, 0.05) is 13.0 Å². The number of hydrogen-bond acceptors (Lipinski definition) is 3. The molecule has 1 heterocycles. The number of aryl methyl sites for hydroxylation is 1. The highest BCUT2D eigenvalue weighted by molar-refractivity contribution is 5.38. The molecular weight excluding hydrogens is 212 g/mol. The van der Waals surface area contributed by atoms with Crippen LogP contribution in [0.2, 0.25) is 0 Å². The first-order chi connectivity index (χ1) is 8.40. The van der Waals surface area contributed by atoms with Gasteiger partial charge in [-0.05, 0) is 43.0 Å². The average molecular weight is 230 g/mol. The molecule has 2 rings (SSSR count). The summed E-state index contributed by atoms with van der Waals surface area (Å²) >= 11 is 0. The van der Waals surface area contributed by atoms with Crippen molar-refractivity contribution in [3.63, 3.8) is 0 Å². The molecule has 0 bridgehead atoms. The maximum absolute atomic E-state index is 8.41. The Hall–Kier alpha value is -1.53. The molecular formula is C14H18N2O. The fraction of sp³-hybridized carbons (Fsp3) is 0.500. The Bertz CT molecular complexity index is 409. The molecule has 0 atom stereocenters. The fourth-order valence-corrected chi connectivity index (χ4v) is 2.07. The second kappa shape index (κ2) is 6.27. The highest BCUT2D eigenvalue weighted by Crippen LogP contribution is 2.25. The van der Waals surface area contributed by atoms with Crippen LogP contribution >= 0.6 is 0 Å². The van der Waals surface area contributed by atoms with Gasteiger partial charge >= 0.3 is 0 Å². The van der Waals surface area contributed by atoms with Gasteiger partial charge in [0.25, 0.3) is 0 Å². The van der Waals surface area contributed by atoms with E-state index in [1.165, 1.54) is 11.1 Å². The van der Waals surface area contributed by atoms with Crippen molar-refractivity contribution in [2.24, 2.45) is 0 Å². The predicted octanol–water partition coefficient (Wildman–Crippen LogP) is 2.06. The summed E-state index contributed by atoms with van der Waals surface area (Å²) in [4.78, 5) is 0. The highest BCUT2D eigenvalue weighted by Gasteiger charge is 2.09. The summed E-state index contributed by atoms with van der Waals surface area (Å²) in [5.41, 5.74) is 2.68. The second-order valence-electron chi connectivity index (χ2n) is 4.30. The summed E-state index contributed by atoms with van der Waals surface area (Å²) in [7, 11) is 0. The van der Waals surface area contributed by atoms with Gasteiger partial charge in [0.05, 0.1) is 12.7 Å². The Morgan fingerprint density at radius 3 is 3.18 bits per heavy atom. The minimum absolute atomic E-state index is 0.581. The lowest BCUT2D eigenvalue weighted by molar-refractivity contribution is 0.288. The maximum atomic E-state index is 8.41. The zero-order chi connectivity index (χ0) is 11.9. The highest BCUT2D eigenvalue weighted by atomic mass is 16.5. The molecule has 0 saturated carbocycles. The quantitative estimate of drug-likeness (QED) is 0.787. The Labute approximate surface area is 102 Å². The van der Waals surface area contributed by atoms with Crippen molar-refractivity contribution in [1.82, 2.24) is 5.32 Å². The molecule has 0 aromatic heterocycles.